The molecule has 2 aliphatic rings. The van der Waals surface area contributed by atoms with Gasteiger partial charge in [-0.1, -0.05) is 0 Å². The molecule has 0 aromatic carbocycles. The van der Waals surface area contributed by atoms with Gasteiger partial charge in [-0.05, 0) is 50.8 Å². The van der Waals surface area contributed by atoms with Crippen LogP contribution in [-0.2, 0) is 15.1 Å². The molecule has 2 saturated heterocycles. The van der Waals surface area contributed by atoms with Crippen molar-refractivity contribution in [1.82, 2.24) is 20.0 Å². The number of carbonyl (C=O) groups excluding carboxylic acids is 1. The van der Waals surface area contributed by atoms with Gasteiger partial charge in [-0.2, -0.15) is 5.10 Å². The van der Waals surface area contributed by atoms with Gasteiger partial charge in [-0.25, -0.2) is 0 Å². The van der Waals surface area contributed by atoms with E-state index in [1.165, 1.54) is 0 Å². The number of ether oxygens (including phenoxy) is 1. The number of amides is 1. The van der Waals surface area contributed by atoms with Gasteiger partial charge in [0.1, 0.15) is 5.54 Å². The Balaban J connectivity index is 1.80. The normalized spacial score (nSPS) is 25.1. The summed E-state index contributed by atoms with van der Waals surface area (Å²) in [6.45, 7) is 4.13. The van der Waals surface area contributed by atoms with E-state index < -0.39 is 5.54 Å². The van der Waals surface area contributed by atoms with E-state index in [-0.39, 0.29) is 5.91 Å². The summed E-state index contributed by atoms with van der Waals surface area (Å²) in [6.07, 6.45) is 7.51. The van der Waals surface area contributed by atoms with Crippen LogP contribution in [0.25, 0.3) is 0 Å². The number of hydrogen-bond donors (Lipinski definition) is 1. The summed E-state index contributed by atoms with van der Waals surface area (Å²) in [5.41, 5.74) is -0.510. The molecule has 3 rings (SSSR count). The van der Waals surface area contributed by atoms with Crippen LogP contribution in [-0.4, -0.2) is 60.5 Å². The van der Waals surface area contributed by atoms with E-state index in [0.29, 0.717) is 5.92 Å². The van der Waals surface area contributed by atoms with Crippen LogP contribution < -0.4 is 5.32 Å². The first kappa shape index (κ1) is 15.5. The molecular weight excluding hydrogens is 280 g/mol. The lowest BCUT2D eigenvalue weighted by Crippen LogP contribution is -2.57. The van der Waals surface area contributed by atoms with E-state index in [4.69, 9.17) is 4.74 Å². The van der Waals surface area contributed by atoms with Crippen molar-refractivity contribution in [3.8, 4) is 0 Å². The highest BCUT2D eigenvalue weighted by Gasteiger charge is 2.45. The van der Waals surface area contributed by atoms with Crippen molar-refractivity contribution in [2.24, 2.45) is 5.92 Å². The first-order chi connectivity index (χ1) is 10.8. The van der Waals surface area contributed by atoms with Crippen LogP contribution in [0.5, 0.6) is 0 Å². The largest absolute Gasteiger partial charge is 0.384 e. The molecule has 0 spiro atoms. The number of carbonyl (C=O) groups is 1. The predicted octanol–water partition coefficient (Wildman–Crippen LogP) is 0.847. The second-order valence-electron chi connectivity index (χ2n) is 6.45. The molecule has 6 heteroatoms. The number of piperidine rings is 2. The van der Waals surface area contributed by atoms with E-state index in [1.807, 2.05) is 21.8 Å². The van der Waals surface area contributed by atoms with Crippen LogP contribution >= 0.6 is 0 Å². The van der Waals surface area contributed by atoms with Gasteiger partial charge in [0, 0.05) is 32.6 Å². The molecule has 122 valence electrons. The average molecular weight is 306 g/mol. The lowest BCUT2D eigenvalue weighted by Gasteiger charge is -2.42. The second-order valence-corrected chi connectivity index (χ2v) is 6.45. The summed E-state index contributed by atoms with van der Waals surface area (Å²) < 4.78 is 7.17. The number of methoxy groups -OCH3 is 1. The quantitative estimate of drug-likeness (QED) is 0.896. The lowest BCUT2D eigenvalue weighted by molar-refractivity contribution is -0.145. The van der Waals surface area contributed by atoms with Gasteiger partial charge >= 0.3 is 0 Å². The van der Waals surface area contributed by atoms with Crippen molar-refractivity contribution in [3.05, 3.63) is 18.5 Å². The van der Waals surface area contributed by atoms with E-state index in [2.05, 4.69) is 10.4 Å². The van der Waals surface area contributed by atoms with Crippen LogP contribution in [0.4, 0.5) is 0 Å². The lowest BCUT2D eigenvalue weighted by atomic mass is 9.85. The van der Waals surface area contributed by atoms with Crippen LogP contribution in [0.3, 0.4) is 0 Å². The zero-order valence-electron chi connectivity index (χ0n) is 13.3. The minimum Gasteiger partial charge on any atom is -0.384 e. The molecular formula is C16H26N4O2. The van der Waals surface area contributed by atoms with Crippen molar-refractivity contribution >= 4 is 5.91 Å². The Morgan fingerprint density at radius 1 is 1.45 bits per heavy atom. The Labute approximate surface area is 131 Å². The van der Waals surface area contributed by atoms with Crippen molar-refractivity contribution in [1.29, 1.82) is 0 Å². The first-order valence-electron chi connectivity index (χ1n) is 8.25. The minimum absolute atomic E-state index is 0.235. The molecule has 3 heterocycles. The number of rotatable bonds is 4. The van der Waals surface area contributed by atoms with Crippen LogP contribution in [0.1, 0.15) is 25.7 Å². The van der Waals surface area contributed by atoms with E-state index in [0.717, 1.165) is 58.5 Å². The molecule has 1 unspecified atom stereocenters. The number of nitrogens with zero attached hydrogens (tertiary/aromatic N) is 3. The fourth-order valence-electron chi connectivity index (χ4n) is 3.82. The second kappa shape index (κ2) is 6.79. The van der Waals surface area contributed by atoms with Gasteiger partial charge in [0.25, 0.3) is 5.91 Å². The first-order valence-corrected chi connectivity index (χ1v) is 8.25. The monoisotopic (exact) mass is 306 g/mol. The summed E-state index contributed by atoms with van der Waals surface area (Å²) in [5.74, 6) is 0.692. The Kier molecular flexibility index (Phi) is 4.78. The maximum Gasteiger partial charge on any atom is 0.250 e. The Bertz CT molecular complexity index is 480. The highest BCUT2D eigenvalue weighted by molar-refractivity contribution is 5.84. The van der Waals surface area contributed by atoms with Gasteiger partial charge in [-0.15, -0.1) is 0 Å². The van der Waals surface area contributed by atoms with Gasteiger partial charge in [0.2, 0.25) is 0 Å². The zero-order valence-corrected chi connectivity index (χ0v) is 13.3. The highest BCUT2D eigenvalue weighted by Crippen LogP contribution is 2.31. The van der Waals surface area contributed by atoms with Gasteiger partial charge in [-0.3, -0.25) is 9.48 Å². The van der Waals surface area contributed by atoms with E-state index in [1.54, 1.807) is 13.3 Å². The number of hydrogen-bond acceptors (Lipinski definition) is 4. The molecule has 0 saturated carbocycles. The molecule has 2 fully saturated rings. The van der Waals surface area contributed by atoms with Crippen LogP contribution in [0.15, 0.2) is 18.5 Å². The minimum atomic E-state index is -0.510. The molecule has 1 aromatic rings. The molecule has 1 N–H and O–H groups in total. The SMILES string of the molecule is COCC1CCCN(C(=O)C2(n3cccn3)CCNCC2)C1. The molecule has 22 heavy (non-hydrogen) atoms. The fourth-order valence-corrected chi connectivity index (χ4v) is 3.82. The van der Waals surface area contributed by atoms with Gasteiger partial charge in [0.05, 0.1) is 6.61 Å². The Morgan fingerprint density at radius 2 is 2.27 bits per heavy atom. The molecule has 0 radical (unpaired) electrons. The van der Waals surface area contributed by atoms with Crippen molar-refractivity contribution in [3.63, 3.8) is 0 Å². The maximum atomic E-state index is 13.3. The van der Waals surface area contributed by atoms with Gasteiger partial charge < -0.3 is 15.0 Å². The number of likely N-dealkylation sites (tertiary alicyclic amines) is 1. The third-order valence-electron chi connectivity index (χ3n) is 4.98. The molecule has 0 aliphatic carbocycles. The average Bonchev–Trinajstić information content (AvgIpc) is 3.10. The maximum absolute atomic E-state index is 13.3. The van der Waals surface area contributed by atoms with Crippen molar-refractivity contribution in [2.75, 3.05) is 39.9 Å². The molecule has 6 nitrogen and oxygen atoms in total. The number of aromatic nitrogens is 2. The van der Waals surface area contributed by atoms with E-state index in [9.17, 15) is 4.79 Å². The molecule has 1 aromatic heterocycles. The summed E-state index contributed by atoms with van der Waals surface area (Å²) in [7, 11) is 1.73. The topological polar surface area (TPSA) is 59.4 Å². The predicted molar refractivity (Wildman–Crippen MR) is 83.5 cm³/mol. The zero-order chi connectivity index (χ0) is 15.4. The molecule has 2 aliphatic heterocycles. The van der Waals surface area contributed by atoms with Crippen LogP contribution in [0, 0.1) is 5.92 Å². The summed E-state index contributed by atoms with van der Waals surface area (Å²) in [5, 5.41) is 7.76. The van der Waals surface area contributed by atoms with Crippen molar-refractivity contribution in [2.45, 2.75) is 31.2 Å². The third kappa shape index (κ3) is 2.90. The Hall–Kier alpha value is -1.40. The molecule has 1 atom stereocenters. The standard InChI is InChI=1S/C16H26N4O2/c1-22-13-14-4-2-10-19(12-14)15(21)16(5-8-17-9-6-16)20-11-3-7-18-20/h3,7,11,14,17H,2,4-6,8-10,12-13H2,1H3. The van der Waals surface area contributed by atoms with Gasteiger partial charge in [0.15, 0.2) is 0 Å². The molecule has 1 amide bonds. The number of nitrogens with one attached hydrogen (secondary N) is 1. The highest BCUT2D eigenvalue weighted by atomic mass is 16.5. The van der Waals surface area contributed by atoms with Crippen molar-refractivity contribution < 1.29 is 9.53 Å². The van der Waals surface area contributed by atoms with Crippen LogP contribution in [0.2, 0.25) is 0 Å². The summed E-state index contributed by atoms with van der Waals surface area (Å²) in [4.78, 5) is 15.4. The Morgan fingerprint density at radius 3 is 2.95 bits per heavy atom. The van der Waals surface area contributed by atoms with E-state index >= 15 is 0 Å². The summed E-state index contributed by atoms with van der Waals surface area (Å²) in [6, 6.07) is 1.90. The summed E-state index contributed by atoms with van der Waals surface area (Å²) >= 11 is 0. The fraction of sp³-hybridized carbons (Fsp3) is 0.750. The molecule has 0 bridgehead atoms. The third-order valence-corrected chi connectivity index (χ3v) is 4.98. The smallest absolute Gasteiger partial charge is 0.250 e.